The standard InChI is InChI=1S/C50H34F4O4S2/c51-25-15-29-31(43(55)45(57)41(29)39(53)17-25)19-27-21-37-47(59-27)33-11-24-14-36-34(12-23(24)13-35(33)49(37)7-3-1-4-8-49)48-38(50(36)9-5-2-6-10-50)22-28(60-48)20-32-30-16-26(52)18-40(54)42(30)46(58)44(32)56/h11-24H,1-10H2/b31-19-,32-20-. The van der Waals surface area contributed by atoms with Crippen molar-refractivity contribution in [2.75, 3.05) is 0 Å². The number of carbonyl (C=O) groups excluding carboxylic acids is 4. The van der Waals surface area contributed by atoms with Gasteiger partial charge in [-0.15, -0.1) is 22.7 Å². The predicted octanol–water partition coefficient (Wildman–Crippen LogP) is 12.0. The van der Waals surface area contributed by atoms with E-state index in [1.165, 1.54) is 33.4 Å². The molecule has 2 saturated carbocycles. The number of rotatable bonds is 2. The molecule has 0 amide bonds. The van der Waals surface area contributed by atoms with E-state index in [2.05, 4.69) is 36.4 Å². The van der Waals surface area contributed by atoms with Gasteiger partial charge in [-0.05, 0) is 95.5 Å². The number of hydrogen-bond donors (Lipinski definition) is 0. The Hall–Kier alpha value is -5.32. The first kappa shape index (κ1) is 36.5. The maximum absolute atomic E-state index is 14.7. The molecule has 2 unspecified atom stereocenters. The van der Waals surface area contributed by atoms with Crippen molar-refractivity contribution < 1.29 is 36.7 Å². The first-order valence-corrected chi connectivity index (χ1v) is 22.4. The third-order valence-corrected chi connectivity index (χ3v) is 16.8. The van der Waals surface area contributed by atoms with Gasteiger partial charge in [-0.25, -0.2) is 17.6 Å². The predicted molar refractivity (Wildman–Crippen MR) is 224 cm³/mol. The second kappa shape index (κ2) is 12.6. The van der Waals surface area contributed by atoms with Crippen LogP contribution in [-0.4, -0.2) is 23.1 Å². The summed E-state index contributed by atoms with van der Waals surface area (Å²) in [5.74, 6) is -7.07. The van der Waals surface area contributed by atoms with E-state index in [4.69, 9.17) is 0 Å². The van der Waals surface area contributed by atoms with Crippen LogP contribution in [0.5, 0.6) is 0 Å². The van der Waals surface area contributed by atoms with Crippen molar-refractivity contribution in [3.8, 4) is 0 Å². The fourth-order valence-electron chi connectivity index (χ4n) is 12.0. The molecule has 8 aliphatic rings. The van der Waals surface area contributed by atoms with Crippen molar-refractivity contribution >= 4 is 80.3 Å². The largest absolute Gasteiger partial charge is 0.285 e. The number of carbonyl (C=O) groups is 4. The number of fused-ring (bicyclic) bond motifs is 13. The number of ketones is 4. The Balaban J connectivity index is 0.959. The summed E-state index contributed by atoms with van der Waals surface area (Å²) >= 11 is 3.14. The molecule has 2 fully saturated rings. The number of Topliss-reactive ketones (excluding diaryl/α,β-unsaturated/α-hetero) is 4. The summed E-state index contributed by atoms with van der Waals surface area (Å²) in [6.45, 7) is 0. The summed E-state index contributed by atoms with van der Waals surface area (Å²) in [6.07, 6.45) is 23.6. The highest BCUT2D eigenvalue weighted by molar-refractivity contribution is 7.15. The number of hydrogen-bond acceptors (Lipinski definition) is 6. The van der Waals surface area contributed by atoms with Gasteiger partial charge in [-0.1, -0.05) is 62.8 Å². The van der Waals surface area contributed by atoms with Gasteiger partial charge in [0.05, 0.1) is 11.1 Å². The first-order valence-electron chi connectivity index (χ1n) is 20.7. The zero-order valence-corrected chi connectivity index (χ0v) is 33.7. The summed E-state index contributed by atoms with van der Waals surface area (Å²) in [5, 5.41) is 0. The lowest BCUT2D eigenvalue weighted by Crippen LogP contribution is -2.31. The van der Waals surface area contributed by atoms with Crippen molar-refractivity contribution in [3.05, 3.63) is 148 Å². The SMILES string of the molecule is O=C1C(=O)c2c(F)cc(F)cc2/C1=C/c1cc2c(s1)C1=CC3C=C4C(=CC3C=C1C21CCCCC1)c1sc(/C=C2\C(=O)C(=O)c3c(F)cc(F)cc32)cc1C41CCCCC1. The minimum Gasteiger partial charge on any atom is -0.285 e. The highest BCUT2D eigenvalue weighted by atomic mass is 32.1. The molecule has 0 N–H and O–H groups in total. The van der Waals surface area contributed by atoms with Gasteiger partial charge >= 0.3 is 0 Å². The van der Waals surface area contributed by atoms with Gasteiger partial charge in [-0.2, -0.15) is 0 Å². The molecule has 4 nitrogen and oxygen atoms in total. The van der Waals surface area contributed by atoms with Gasteiger partial charge < -0.3 is 0 Å². The zero-order chi connectivity index (χ0) is 41.0. The molecule has 0 aliphatic heterocycles. The Morgan fingerprint density at radius 3 is 1.30 bits per heavy atom. The Bertz CT molecular complexity index is 2770. The van der Waals surface area contributed by atoms with Crippen LogP contribution in [0, 0.1) is 35.1 Å². The van der Waals surface area contributed by atoms with Crippen LogP contribution in [0.4, 0.5) is 17.6 Å². The molecule has 12 rings (SSSR count). The average molecular weight is 839 g/mol. The van der Waals surface area contributed by atoms with Crippen molar-refractivity contribution in [1.82, 2.24) is 0 Å². The van der Waals surface area contributed by atoms with Gasteiger partial charge in [0.1, 0.15) is 23.3 Å². The fourth-order valence-corrected chi connectivity index (χ4v) is 14.5. The monoisotopic (exact) mass is 838 g/mol. The van der Waals surface area contributed by atoms with E-state index in [-0.39, 0.29) is 56.1 Å². The molecule has 2 spiro atoms. The molecular formula is C50H34F4O4S2. The Kier molecular flexibility index (Phi) is 7.68. The molecule has 10 heteroatoms. The molecule has 2 aromatic heterocycles. The van der Waals surface area contributed by atoms with Gasteiger partial charge in [0.2, 0.25) is 23.1 Å². The lowest BCUT2D eigenvalue weighted by atomic mass is 9.63. The lowest BCUT2D eigenvalue weighted by molar-refractivity contribution is -0.110. The van der Waals surface area contributed by atoms with E-state index >= 15 is 0 Å². The maximum atomic E-state index is 14.7. The van der Waals surface area contributed by atoms with Crippen LogP contribution in [0.2, 0.25) is 0 Å². The summed E-state index contributed by atoms with van der Waals surface area (Å²) in [5.41, 5.74) is 6.45. The number of benzene rings is 2. The van der Waals surface area contributed by atoms with Gasteiger partial charge in [-0.3, -0.25) is 19.2 Å². The highest BCUT2D eigenvalue weighted by Crippen LogP contribution is 2.65. The third kappa shape index (κ3) is 4.83. The summed E-state index contributed by atoms with van der Waals surface area (Å²) in [4.78, 5) is 55.8. The number of halogens is 4. The molecule has 2 heterocycles. The zero-order valence-electron chi connectivity index (χ0n) is 32.1. The Morgan fingerprint density at radius 2 is 0.900 bits per heavy atom. The molecule has 2 aromatic carbocycles. The van der Waals surface area contributed by atoms with E-state index < -0.39 is 46.4 Å². The van der Waals surface area contributed by atoms with E-state index in [1.54, 1.807) is 34.8 Å². The Morgan fingerprint density at radius 1 is 0.500 bits per heavy atom. The second-order valence-electron chi connectivity index (χ2n) is 17.6. The lowest BCUT2D eigenvalue weighted by Gasteiger charge is -2.40. The second-order valence-corrected chi connectivity index (χ2v) is 19.8. The first-order chi connectivity index (χ1) is 29.0. The van der Waals surface area contributed by atoms with Crippen LogP contribution in [0.15, 0.2) is 71.8 Å². The van der Waals surface area contributed by atoms with E-state index in [1.807, 2.05) is 0 Å². The van der Waals surface area contributed by atoms with Crippen LogP contribution in [0.25, 0.3) is 34.4 Å². The van der Waals surface area contributed by atoms with E-state index in [9.17, 15) is 36.7 Å². The van der Waals surface area contributed by atoms with Crippen LogP contribution in [0.3, 0.4) is 0 Å². The molecule has 4 aromatic rings. The van der Waals surface area contributed by atoms with Crippen molar-refractivity contribution in [2.45, 2.75) is 75.0 Å². The van der Waals surface area contributed by atoms with Gasteiger partial charge in [0, 0.05) is 76.6 Å². The summed E-state index contributed by atoms with van der Waals surface area (Å²) in [7, 11) is 0. The van der Waals surface area contributed by atoms with E-state index in [0.29, 0.717) is 12.1 Å². The summed E-state index contributed by atoms with van der Waals surface area (Å²) < 4.78 is 58.2. The molecule has 298 valence electrons. The van der Waals surface area contributed by atoms with Crippen molar-refractivity contribution in [3.63, 3.8) is 0 Å². The average Bonchev–Trinajstić information content (AvgIpc) is 4.04. The minimum atomic E-state index is -1.03. The molecule has 2 atom stereocenters. The molecule has 0 radical (unpaired) electrons. The van der Waals surface area contributed by atoms with Crippen molar-refractivity contribution in [1.29, 1.82) is 0 Å². The highest BCUT2D eigenvalue weighted by Gasteiger charge is 2.52. The number of allylic oxidation sites excluding steroid dienone is 10. The van der Waals surface area contributed by atoms with Crippen LogP contribution in [-0.2, 0) is 20.4 Å². The molecular weight excluding hydrogens is 805 g/mol. The normalized spacial score (nSPS) is 25.2. The quantitative estimate of drug-likeness (QED) is 0.115. The van der Waals surface area contributed by atoms with Gasteiger partial charge in [0.25, 0.3) is 0 Å². The molecule has 0 saturated heterocycles. The maximum Gasteiger partial charge on any atom is 0.237 e. The fraction of sp³-hybridized carbons (Fsp3) is 0.280. The van der Waals surface area contributed by atoms with Crippen LogP contribution in [0.1, 0.15) is 127 Å². The van der Waals surface area contributed by atoms with Gasteiger partial charge in [0.15, 0.2) is 0 Å². The van der Waals surface area contributed by atoms with E-state index in [0.717, 1.165) is 95.8 Å². The van der Waals surface area contributed by atoms with Crippen LogP contribution >= 0.6 is 22.7 Å². The minimum absolute atomic E-state index is 0.00361. The molecule has 8 aliphatic carbocycles. The van der Waals surface area contributed by atoms with Crippen molar-refractivity contribution in [2.24, 2.45) is 11.8 Å². The smallest absolute Gasteiger partial charge is 0.237 e. The molecule has 0 bridgehead atoms. The number of thiophene rings is 2. The molecule has 60 heavy (non-hydrogen) atoms. The topological polar surface area (TPSA) is 68.3 Å². The summed E-state index contributed by atoms with van der Waals surface area (Å²) in [6, 6.07) is 7.69. The third-order valence-electron chi connectivity index (χ3n) is 14.5. The Labute approximate surface area is 350 Å². The van der Waals surface area contributed by atoms with Crippen LogP contribution < -0.4 is 0 Å².